The monoisotopic (exact) mass is 270 g/mol. The number of aromatic nitrogens is 2. The van der Waals surface area contributed by atoms with Gasteiger partial charge in [-0.2, -0.15) is 5.10 Å². The molecule has 96 valence electrons. The first-order valence-electron chi connectivity index (χ1n) is 4.86. The van der Waals surface area contributed by atoms with Crippen molar-refractivity contribution in [2.45, 2.75) is 5.09 Å². The average molecular weight is 270 g/mol. The maximum atomic E-state index is 11.7. The van der Waals surface area contributed by atoms with E-state index in [4.69, 9.17) is 4.42 Å². The zero-order valence-electron chi connectivity index (χ0n) is 9.30. The molecule has 9 heteroatoms. The van der Waals surface area contributed by atoms with Crippen molar-refractivity contribution in [3.8, 4) is 0 Å². The van der Waals surface area contributed by atoms with Gasteiger partial charge in [0.1, 0.15) is 0 Å². The van der Waals surface area contributed by atoms with Crippen molar-refractivity contribution < 1.29 is 17.6 Å². The molecule has 0 radical (unpaired) electrons. The number of nitrogens with zero attached hydrogens (tertiary/aromatic N) is 1. The molecule has 1 amide bonds. The molecular weight excluding hydrogens is 260 g/mol. The van der Waals surface area contributed by atoms with Crippen LogP contribution in [0.5, 0.6) is 0 Å². The number of carbonyl (C=O) groups excluding carboxylic acids is 1. The smallest absolute Gasteiger partial charge is 0.291 e. The highest BCUT2D eigenvalue weighted by Gasteiger charge is 2.19. The predicted octanol–water partition coefficient (Wildman–Crippen LogP) is 0.163. The van der Waals surface area contributed by atoms with E-state index in [1.807, 2.05) is 0 Å². The summed E-state index contributed by atoms with van der Waals surface area (Å²) in [4.78, 5) is 11.7. The summed E-state index contributed by atoms with van der Waals surface area (Å²) in [5.41, 5.74) is 0.453. The number of rotatable bonds is 4. The van der Waals surface area contributed by atoms with Crippen LogP contribution in [0.25, 0.3) is 0 Å². The molecule has 0 bridgehead atoms. The van der Waals surface area contributed by atoms with Crippen molar-refractivity contribution >= 4 is 21.6 Å². The molecule has 0 aliphatic carbocycles. The van der Waals surface area contributed by atoms with Gasteiger partial charge in [0.2, 0.25) is 5.09 Å². The van der Waals surface area contributed by atoms with Crippen molar-refractivity contribution in [3.63, 3.8) is 0 Å². The fraction of sp³-hybridized carbons (Fsp3) is 0.111. The van der Waals surface area contributed by atoms with Crippen LogP contribution in [-0.2, 0) is 10.0 Å². The van der Waals surface area contributed by atoms with Crippen molar-refractivity contribution in [2.24, 2.45) is 0 Å². The zero-order valence-corrected chi connectivity index (χ0v) is 10.1. The Kier molecular flexibility index (Phi) is 3.17. The minimum atomic E-state index is -3.69. The van der Waals surface area contributed by atoms with Gasteiger partial charge in [-0.15, -0.1) is 0 Å². The Hall–Kier alpha value is -2.13. The fourth-order valence-electron chi connectivity index (χ4n) is 1.20. The molecular formula is C9H10N4O4S. The van der Waals surface area contributed by atoms with Crippen LogP contribution in [-0.4, -0.2) is 31.6 Å². The topological polar surface area (TPSA) is 117 Å². The summed E-state index contributed by atoms with van der Waals surface area (Å²) in [6, 6.07) is 2.48. The van der Waals surface area contributed by atoms with E-state index in [0.29, 0.717) is 5.69 Å². The number of hydrogen-bond acceptors (Lipinski definition) is 5. The SMILES string of the molecule is CNS(=O)(=O)c1ccc(C(=O)Nc2cn[nH]c2)o1. The lowest BCUT2D eigenvalue weighted by Gasteiger charge is -1.99. The second-order valence-corrected chi connectivity index (χ2v) is 5.08. The first-order valence-corrected chi connectivity index (χ1v) is 6.35. The van der Waals surface area contributed by atoms with Gasteiger partial charge in [-0.05, 0) is 19.2 Å². The van der Waals surface area contributed by atoms with Crippen LogP contribution in [0.4, 0.5) is 5.69 Å². The predicted molar refractivity (Wildman–Crippen MR) is 61.5 cm³/mol. The lowest BCUT2D eigenvalue weighted by molar-refractivity contribution is 0.0991. The van der Waals surface area contributed by atoms with Crippen LogP contribution in [0.1, 0.15) is 10.6 Å². The van der Waals surface area contributed by atoms with Gasteiger partial charge in [-0.25, -0.2) is 13.1 Å². The molecule has 3 N–H and O–H groups in total. The summed E-state index contributed by atoms with van der Waals surface area (Å²) in [6.45, 7) is 0. The lowest BCUT2D eigenvalue weighted by Crippen LogP contribution is -2.18. The van der Waals surface area contributed by atoms with Gasteiger partial charge in [-0.1, -0.05) is 0 Å². The highest BCUT2D eigenvalue weighted by molar-refractivity contribution is 7.89. The summed E-state index contributed by atoms with van der Waals surface area (Å²) >= 11 is 0. The molecule has 2 aromatic heterocycles. The van der Waals surface area contributed by atoms with Crippen molar-refractivity contribution in [3.05, 3.63) is 30.3 Å². The number of amides is 1. The van der Waals surface area contributed by atoms with Crippen LogP contribution >= 0.6 is 0 Å². The van der Waals surface area contributed by atoms with E-state index in [2.05, 4.69) is 20.2 Å². The summed E-state index contributed by atoms with van der Waals surface area (Å²) in [7, 11) is -2.44. The second kappa shape index (κ2) is 4.63. The maximum absolute atomic E-state index is 11.7. The van der Waals surface area contributed by atoms with E-state index >= 15 is 0 Å². The standard InChI is InChI=1S/C9H10N4O4S/c1-10-18(15,16)8-3-2-7(17-8)9(14)13-6-4-11-12-5-6/h2-5,10H,1H3,(H,11,12)(H,13,14). The molecule has 18 heavy (non-hydrogen) atoms. The summed E-state index contributed by atoms with van der Waals surface area (Å²) < 4.78 is 29.8. The van der Waals surface area contributed by atoms with Gasteiger partial charge in [0, 0.05) is 6.20 Å². The minimum Gasteiger partial charge on any atom is -0.438 e. The van der Waals surface area contributed by atoms with Gasteiger partial charge in [-0.3, -0.25) is 9.89 Å². The van der Waals surface area contributed by atoms with Crippen LogP contribution in [0.2, 0.25) is 0 Å². The Morgan fingerprint density at radius 1 is 1.44 bits per heavy atom. The van der Waals surface area contributed by atoms with Crippen LogP contribution in [0, 0.1) is 0 Å². The van der Waals surface area contributed by atoms with E-state index in [-0.39, 0.29) is 10.9 Å². The number of H-pyrrole nitrogens is 1. The number of anilines is 1. The molecule has 0 aliphatic rings. The van der Waals surface area contributed by atoms with Gasteiger partial charge < -0.3 is 9.73 Å². The number of carbonyl (C=O) groups is 1. The third-order valence-corrected chi connectivity index (χ3v) is 3.38. The van der Waals surface area contributed by atoms with Crippen LogP contribution in [0.3, 0.4) is 0 Å². The molecule has 0 aliphatic heterocycles. The van der Waals surface area contributed by atoms with E-state index in [1.165, 1.54) is 31.6 Å². The molecule has 8 nitrogen and oxygen atoms in total. The van der Waals surface area contributed by atoms with Crippen molar-refractivity contribution in [1.82, 2.24) is 14.9 Å². The largest absolute Gasteiger partial charge is 0.438 e. The Morgan fingerprint density at radius 2 is 2.22 bits per heavy atom. The molecule has 0 unspecified atom stereocenters. The third kappa shape index (κ3) is 2.41. The second-order valence-electron chi connectivity index (χ2n) is 3.27. The summed E-state index contributed by atoms with van der Waals surface area (Å²) in [6.07, 6.45) is 2.89. The molecule has 0 aromatic carbocycles. The van der Waals surface area contributed by atoms with Gasteiger partial charge in [0.25, 0.3) is 15.9 Å². The number of nitrogens with one attached hydrogen (secondary N) is 3. The van der Waals surface area contributed by atoms with Gasteiger partial charge in [0.05, 0.1) is 11.9 Å². The number of sulfonamides is 1. The Bertz CT molecular complexity index is 644. The highest BCUT2D eigenvalue weighted by Crippen LogP contribution is 2.14. The Morgan fingerprint density at radius 3 is 2.83 bits per heavy atom. The van der Waals surface area contributed by atoms with Crippen LogP contribution < -0.4 is 10.0 Å². The van der Waals surface area contributed by atoms with Crippen LogP contribution in [0.15, 0.2) is 34.0 Å². The zero-order chi connectivity index (χ0) is 13.2. The molecule has 2 rings (SSSR count). The molecule has 0 saturated heterocycles. The first kappa shape index (κ1) is 12.3. The van der Waals surface area contributed by atoms with Crippen molar-refractivity contribution in [2.75, 3.05) is 12.4 Å². The minimum absolute atomic E-state index is 0.106. The fourth-order valence-corrected chi connectivity index (χ4v) is 1.85. The normalized spacial score (nSPS) is 11.4. The summed E-state index contributed by atoms with van der Waals surface area (Å²) in [5, 5.41) is 8.34. The molecule has 2 aromatic rings. The Balaban J connectivity index is 2.18. The van der Waals surface area contributed by atoms with E-state index in [1.54, 1.807) is 0 Å². The van der Waals surface area contributed by atoms with Gasteiger partial charge in [0.15, 0.2) is 5.76 Å². The molecule has 2 heterocycles. The van der Waals surface area contributed by atoms with E-state index < -0.39 is 15.9 Å². The van der Waals surface area contributed by atoms with Crippen molar-refractivity contribution in [1.29, 1.82) is 0 Å². The average Bonchev–Trinajstić information content (AvgIpc) is 2.99. The molecule has 0 atom stereocenters. The highest BCUT2D eigenvalue weighted by atomic mass is 32.2. The summed E-state index contributed by atoms with van der Waals surface area (Å²) in [5.74, 6) is -0.668. The number of aromatic amines is 1. The Labute approximate surface area is 102 Å². The first-order chi connectivity index (χ1) is 8.53. The maximum Gasteiger partial charge on any atom is 0.291 e. The third-order valence-electron chi connectivity index (χ3n) is 2.09. The van der Waals surface area contributed by atoms with E-state index in [0.717, 1.165) is 0 Å². The number of furan rings is 1. The molecule has 0 saturated carbocycles. The van der Waals surface area contributed by atoms with E-state index in [9.17, 15) is 13.2 Å². The number of hydrogen-bond donors (Lipinski definition) is 3. The van der Waals surface area contributed by atoms with Gasteiger partial charge >= 0.3 is 0 Å². The quantitative estimate of drug-likeness (QED) is 0.731. The lowest BCUT2D eigenvalue weighted by atomic mass is 10.4. The molecule has 0 spiro atoms. The molecule has 0 fully saturated rings.